The number of nitro groups is 1. The van der Waals surface area contributed by atoms with Crippen LogP contribution in [0.15, 0.2) is 48.8 Å². The molecule has 4 rings (SSSR count). The number of hydrogen-bond donors (Lipinski definition) is 2. The first-order valence-electron chi connectivity index (χ1n) is 7.79. The van der Waals surface area contributed by atoms with Crippen LogP contribution in [0.1, 0.15) is 0 Å². The van der Waals surface area contributed by atoms with Crippen molar-refractivity contribution in [3.8, 4) is 11.5 Å². The molecule has 1 aliphatic rings. The van der Waals surface area contributed by atoms with Gasteiger partial charge in [0, 0.05) is 11.8 Å². The average Bonchev–Trinajstić information content (AvgIpc) is 3.11. The van der Waals surface area contributed by atoms with Crippen LogP contribution in [0.5, 0.6) is 11.5 Å². The summed E-state index contributed by atoms with van der Waals surface area (Å²) in [5.41, 5.74) is 0.157. The lowest BCUT2D eigenvalue weighted by atomic mass is 10.2. The van der Waals surface area contributed by atoms with E-state index in [1.165, 1.54) is 18.2 Å². The molecule has 0 saturated carbocycles. The normalized spacial score (nSPS) is 11.9. The number of aromatic nitrogens is 2. The third kappa shape index (κ3) is 3.27. The molecule has 0 spiro atoms. The molecular weight excluding hydrogens is 357 g/mol. The van der Waals surface area contributed by atoms with Gasteiger partial charge in [-0.2, -0.15) is 0 Å². The first-order chi connectivity index (χ1) is 13.1. The Morgan fingerprint density at radius 1 is 1.04 bits per heavy atom. The lowest BCUT2D eigenvalue weighted by Gasteiger charge is -2.11. The number of para-hydroxylation sites is 1. The van der Waals surface area contributed by atoms with E-state index in [1.54, 1.807) is 24.3 Å². The Hall–Kier alpha value is -3.95. The molecule has 0 bridgehead atoms. The van der Waals surface area contributed by atoms with E-state index in [0.29, 0.717) is 17.2 Å². The Balaban J connectivity index is 1.69. The van der Waals surface area contributed by atoms with Gasteiger partial charge >= 0.3 is 5.69 Å². The Morgan fingerprint density at radius 3 is 2.56 bits per heavy atom. The zero-order valence-corrected chi connectivity index (χ0v) is 13.7. The van der Waals surface area contributed by atoms with Crippen LogP contribution in [0.2, 0.25) is 0 Å². The van der Waals surface area contributed by atoms with Gasteiger partial charge in [0.05, 0.1) is 10.6 Å². The number of fused-ring (bicyclic) bond motifs is 1. The van der Waals surface area contributed by atoms with Gasteiger partial charge in [-0.25, -0.2) is 14.4 Å². The highest BCUT2D eigenvalue weighted by molar-refractivity contribution is 5.77. The van der Waals surface area contributed by atoms with Gasteiger partial charge in [-0.1, -0.05) is 12.1 Å². The number of nitrogens with zero attached hydrogens (tertiary/aromatic N) is 3. The first kappa shape index (κ1) is 16.5. The number of anilines is 4. The lowest BCUT2D eigenvalue weighted by molar-refractivity contribution is -0.383. The molecule has 136 valence electrons. The first-order valence-corrected chi connectivity index (χ1v) is 7.79. The van der Waals surface area contributed by atoms with E-state index in [0.717, 1.165) is 6.33 Å². The van der Waals surface area contributed by atoms with E-state index in [1.807, 2.05) is 0 Å². The molecule has 0 radical (unpaired) electrons. The van der Waals surface area contributed by atoms with Crippen LogP contribution in [-0.2, 0) is 0 Å². The summed E-state index contributed by atoms with van der Waals surface area (Å²) in [5, 5.41) is 17.1. The Bertz CT molecular complexity index is 1030. The number of benzene rings is 2. The van der Waals surface area contributed by atoms with Crippen LogP contribution in [0.25, 0.3) is 0 Å². The molecule has 1 aromatic heterocycles. The third-order valence-electron chi connectivity index (χ3n) is 3.77. The fourth-order valence-electron chi connectivity index (χ4n) is 2.54. The second-order valence-electron chi connectivity index (χ2n) is 5.47. The van der Waals surface area contributed by atoms with Crippen molar-refractivity contribution in [2.75, 3.05) is 17.4 Å². The Morgan fingerprint density at radius 2 is 1.78 bits per heavy atom. The van der Waals surface area contributed by atoms with Crippen molar-refractivity contribution in [2.24, 2.45) is 0 Å². The Labute approximate surface area is 151 Å². The molecule has 0 aliphatic carbocycles. The van der Waals surface area contributed by atoms with Crippen molar-refractivity contribution in [1.82, 2.24) is 9.97 Å². The summed E-state index contributed by atoms with van der Waals surface area (Å²) in [4.78, 5) is 18.8. The zero-order chi connectivity index (χ0) is 18.8. The molecule has 2 N–H and O–H groups in total. The molecule has 0 saturated heterocycles. The molecule has 0 amide bonds. The predicted molar refractivity (Wildman–Crippen MR) is 94.2 cm³/mol. The molecule has 0 fully saturated rings. The second-order valence-corrected chi connectivity index (χ2v) is 5.47. The smallest absolute Gasteiger partial charge is 0.353 e. The van der Waals surface area contributed by atoms with E-state index in [4.69, 9.17) is 9.47 Å². The Kier molecular flexibility index (Phi) is 4.13. The number of hydrogen-bond acceptors (Lipinski definition) is 8. The molecule has 2 aromatic carbocycles. The van der Waals surface area contributed by atoms with Gasteiger partial charge < -0.3 is 20.1 Å². The summed E-state index contributed by atoms with van der Waals surface area (Å²) in [6, 6.07) is 10.8. The van der Waals surface area contributed by atoms with Crippen molar-refractivity contribution >= 4 is 28.7 Å². The maximum absolute atomic E-state index is 13.9. The van der Waals surface area contributed by atoms with Crippen LogP contribution in [0.3, 0.4) is 0 Å². The van der Waals surface area contributed by atoms with Gasteiger partial charge in [-0.15, -0.1) is 0 Å². The maximum atomic E-state index is 13.9. The van der Waals surface area contributed by atoms with E-state index in [-0.39, 0.29) is 24.1 Å². The van der Waals surface area contributed by atoms with Crippen LogP contribution < -0.4 is 20.1 Å². The molecule has 0 atom stereocenters. The van der Waals surface area contributed by atoms with Crippen LogP contribution in [0, 0.1) is 15.9 Å². The van der Waals surface area contributed by atoms with Gasteiger partial charge in [0.1, 0.15) is 12.1 Å². The van der Waals surface area contributed by atoms with Crippen molar-refractivity contribution < 1.29 is 18.8 Å². The highest BCUT2D eigenvalue weighted by Gasteiger charge is 2.24. The summed E-state index contributed by atoms with van der Waals surface area (Å²) in [5.74, 6) is 0.354. The second kappa shape index (κ2) is 6.75. The van der Waals surface area contributed by atoms with E-state index >= 15 is 0 Å². The topological polar surface area (TPSA) is 111 Å². The van der Waals surface area contributed by atoms with E-state index < -0.39 is 16.4 Å². The molecule has 27 heavy (non-hydrogen) atoms. The highest BCUT2D eigenvalue weighted by Crippen LogP contribution is 2.37. The standard InChI is InChI=1S/C17H12FN5O4/c18-11-3-1-2-4-12(11)22-17-15(23(24)25)16(19-8-20-17)21-10-5-6-13-14(7-10)27-9-26-13/h1-8H,9H2,(H2,19,20,21,22). The van der Waals surface area contributed by atoms with Gasteiger partial charge in [-0.3, -0.25) is 10.1 Å². The highest BCUT2D eigenvalue weighted by atomic mass is 19.1. The van der Waals surface area contributed by atoms with Gasteiger partial charge in [0.25, 0.3) is 0 Å². The van der Waals surface area contributed by atoms with Crippen LogP contribution >= 0.6 is 0 Å². The largest absolute Gasteiger partial charge is 0.454 e. The van der Waals surface area contributed by atoms with Crippen LogP contribution in [-0.4, -0.2) is 21.7 Å². The lowest BCUT2D eigenvalue weighted by Crippen LogP contribution is -2.06. The summed E-state index contributed by atoms with van der Waals surface area (Å²) in [7, 11) is 0. The maximum Gasteiger partial charge on any atom is 0.353 e. The minimum Gasteiger partial charge on any atom is -0.454 e. The minimum atomic E-state index is -0.640. The quantitative estimate of drug-likeness (QED) is 0.517. The number of halogens is 1. The molecule has 9 nitrogen and oxygen atoms in total. The molecule has 0 unspecified atom stereocenters. The molecule has 2 heterocycles. The summed E-state index contributed by atoms with van der Waals surface area (Å²) < 4.78 is 24.4. The summed E-state index contributed by atoms with van der Waals surface area (Å²) in [6.45, 7) is 0.114. The van der Waals surface area contributed by atoms with Crippen LogP contribution in [0.4, 0.5) is 33.1 Å². The summed E-state index contributed by atoms with van der Waals surface area (Å²) in [6.07, 6.45) is 1.14. The fraction of sp³-hybridized carbons (Fsp3) is 0.0588. The van der Waals surface area contributed by atoms with E-state index in [2.05, 4.69) is 20.6 Å². The molecule has 3 aromatic rings. The average molecular weight is 369 g/mol. The van der Waals surface area contributed by atoms with Gasteiger partial charge in [0.2, 0.25) is 18.4 Å². The van der Waals surface area contributed by atoms with Gasteiger partial charge in [0.15, 0.2) is 11.5 Å². The van der Waals surface area contributed by atoms with Crippen molar-refractivity contribution in [3.05, 3.63) is 64.7 Å². The van der Waals surface area contributed by atoms with Gasteiger partial charge in [-0.05, 0) is 24.3 Å². The monoisotopic (exact) mass is 369 g/mol. The SMILES string of the molecule is O=[N+]([O-])c1c(Nc2ccc3c(c2)OCO3)ncnc1Nc1ccccc1F. The third-order valence-corrected chi connectivity index (χ3v) is 3.77. The van der Waals surface area contributed by atoms with Crippen molar-refractivity contribution in [2.45, 2.75) is 0 Å². The zero-order valence-electron chi connectivity index (χ0n) is 13.7. The molecular formula is C17H12FN5O4. The number of ether oxygens (including phenoxy) is 2. The van der Waals surface area contributed by atoms with Crippen molar-refractivity contribution in [1.29, 1.82) is 0 Å². The fourth-order valence-corrected chi connectivity index (χ4v) is 2.54. The number of rotatable bonds is 5. The predicted octanol–water partition coefficient (Wildman–Crippen LogP) is 3.74. The van der Waals surface area contributed by atoms with E-state index in [9.17, 15) is 14.5 Å². The molecule has 10 heteroatoms. The number of nitrogens with one attached hydrogen (secondary N) is 2. The minimum absolute atomic E-state index is 0.0484. The van der Waals surface area contributed by atoms with Crippen molar-refractivity contribution in [3.63, 3.8) is 0 Å². The molecule has 1 aliphatic heterocycles. The summed E-state index contributed by atoms with van der Waals surface area (Å²) >= 11 is 0.